The van der Waals surface area contributed by atoms with Crippen LogP contribution in [-0.2, 0) is 6.42 Å². The van der Waals surface area contributed by atoms with E-state index in [-0.39, 0.29) is 12.0 Å². The Balaban J connectivity index is 2.07. The van der Waals surface area contributed by atoms with E-state index >= 15 is 0 Å². The molecule has 1 aromatic heterocycles. The molecule has 0 radical (unpaired) electrons. The van der Waals surface area contributed by atoms with E-state index in [1.807, 2.05) is 30.3 Å². The molecule has 78 valence electrons. The van der Waals surface area contributed by atoms with Crippen LogP contribution in [0, 0.1) is 0 Å². The Morgan fingerprint density at radius 3 is 2.60 bits per heavy atom. The number of nitrogens with two attached hydrogens (primary N) is 2. The van der Waals surface area contributed by atoms with Crippen LogP contribution in [0.3, 0.4) is 0 Å². The number of nitrogens with zero attached hydrogens (tertiary/aromatic N) is 2. The lowest BCUT2D eigenvalue weighted by Gasteiger charge is -2.07. The van der Waals surface area contributed by atoms with E-state index in [0.29, 0.717) is 5.82 Å². The third kappa shape index (κ3) is 2.32. The number of hydrogen-bond donors (Lipinski definition) is 3. The van der Waals surface area contributed by atoms with E-state index in [1.165, 1.54) is 5.56 Å². The van der Waals surface area contributed by atoms with Crippen LogP contribution < -0.4 is 11.5 Å². The maximum atomic E-state index is 5.95. The Bertz CT molecular complexity index is 422. The number of aromatic amines is 1. The number of hydrogen-bond acceptors (Lipinski definition) is 4. The zero-order chi connectivity index (χ0) is 10.7. The molecule has 0 aliphatic carbocycles. The molecule has 5 nitrogen and oxygen atoms in total. The van der Waals surface area contributed by atoms with Gasteiger partial charge < -0.3 is 11.5 Å². The summed E-state index contributed by atoms with van der Waals surface area (Å²) in [5.41, 5.74) is 12.5. The molecule has 1 heterocycles. The van der Waals surface area contributed by atoms with Gasteiger partial charge in [-0.2, -0.15) is 4.98 Å². The van der Waals surface area contributed by atoms with Gasteiger partial charge in [-0.25, -0.2) is 0 Å². The molecule has 1 atom stereocenters. The number of benzene rings is 1. The number of anilines is 1. The minimum Gasteiger partial charge on any atom is -0.367 e. The summed E-state index contributed by atoms with van der Waals surface area (Å²) < 4.78 is 0. The summed E-state index contributed by atoms with van der Waals surface area (Å²) in [5, 5.41) is 6.46. The minimum absolute atomic E-state index is 0.197. The van der Waals surface area contributed by atoms with Gasteiger partial charge >= 0.3 is 0 Å². The smallest absolute Gasteiger partial charge is 0.239 e. The van der Waals surface area contributed by atoms with Crippen LogP contribution in [0.15, 0.2) is 30.3 Å². The molecule has 0 aliphatic heterocycles. The van der Waals surface area contributed by atoms with E-state index in [4.69, 9.17) is 11.5 Å². The SMILES string of the molecule is Nc1n[nH]c([C@H](N)Cc2ccccc2)n1. The Kier molecular flexibility index (Phi) is 2.64. The summed E-state index contributed by atoms with van der Waals surface area (Å²) in [6.45, 7) is 0. The van der Waals surface area contributed by atoms with E-state index in [0.717, 1.165) is 6.42 Å². The van der Waals surface area contributed by atoms with Crippen molar-refractivity contribution in [2.75, 3.05) is 5.73 Å². The predicted molar refractivity (Wildman–Crippen MR) is 57.9 cm³/mol. The lowest BCUT2D eigenvalue weighted by atomic mass is 10.1. The Morgan fingerprint density at radius 1 is 1.27 bits per heavy atom. The van der Waals surface area contributed by atoms with Crippen LogP contribution in [0.5, 0.6) is 0 Å². The topological polar surface area (TPSA) is 93.6 Å². The van der Waals surface area contributed by atoms with Gasteiger partial charge in [0.1, 0.15) is 5.82 Å². The first-order chi connectivity index (χ1) is 7.25. The van der Waals surface area contributed by atoms with Crippen LogP contribution in [0.2, 0.25) is 0 Å². The molecular formula is C10H13N5. The summed E-state index contributed by atoms with van der Waals surface area (Å²) in [7, 11) is 0. The average Bonchev–Trinajstić information content (AvgIpc) is 2.66. The van der Waals surface area contributed by atoms with Crippen LogP contribution in [-0.4, -0.2) is 15.2 Å². The molecule has 0 saturated heterocycles. The van der Waals surface area contributed by atoms with Crippen molar-refractivity contribution in [3.63, 3.8) is 0 Å². The second kappa shape index (κ2) is 4.10. The molecular weight excluding hydrogens is 190 g/mol. The van der Waals surface area contributed by atoms with Crippen molar-refractivity contribution in [3.8, 4) is 0 Å². The van der Waals surface area contributed by atoms with Crippen LogP contribution >= 0.6 is 0 Å². The van der Waals surface area contributed by atoms with Crippen molar-refractivity contribution in [1.82, 2.24) is 15.2 Å². The lowest BCUT2D eigenvalue weighted by Crippen LogP contribution is -2.15. The maximum Gasteiger partial charge on any atom is 0.239 e. The highest BCUT2D eigenvalue weighted by Gasteiger charge is 2.10. The maximum absolute atomic E-state index is 5.95. The summed E-state index contributed by atoms with van der Waals surface area (Å²) >= 11 is 0. The summed E-state index contributed by atoms with van der Waals surface area (Å²) in [5.74, 6) is 0.852. The molecule has 0 spiro atoms. The fourth-order valence-corrected chi connectivity index (χ4v) is 1.42. The zero-order valence-corrected chi connectivity index (χ0v) is 8.22. The second-order valence-corrected chi connectivity index (χ2v) is 3.38. The van der Waals surface area contributed by atoms with Gasteiger partial charge in [0, 0.05) is 0 Å². The highest BCUT2D eigenvalue weighted by molar-refractivity contribution is 5.19. The van der Waals surface area contributed by atoms with E-state index in [2.05, 4.69) is 15.2 Å². The molecule has 15 heavy (non-hydrogen) atoms. The van der Waals surface area contributed by atoms with Gasteiger partial charge in [-0.15, -0.1) is 5.10 Å². The molecule has 0 unspecified atom stereocenters. The Morgan fingerprint density at radius 2 is 2.00 bits per heavy atom. The molecule has 2 rings (SSSR count). The number of rotatable bonds is 3. The largest absolute Gasteiger partial charge is 0.367 e. The van der Waals surface area contributed by atoms with E-state index < -0.39 is 0 Å². The van der Waals surface area contributed by atoms with Gasteiger partial charge in [-0.05, 0) is 12.0 Å². The number of H-pyrrole nitrogens is 1. The van der Waals surface area contributed by atoms with Gasteiger partial charge in [0.15, 0.2) is 0 Å². The molecule has 5 N–H and O–H groups in total. The number of aromatic nitrogens is 3. The summed E-state index contributed by atoms with van der Waals surface area (Å²) in [6.07, 6.45) is 0.718. The van der Waals surface area contributed by atoms with Crippen molar-refractivity contribution in [1.29, 1.82) is 0 Å². The van der Waals surface area contributed by atoms with Crippen molar-refractivity contribution >= 4 is 5.95 Å². The molecule has 5 heteroatoms. The van der Waals surface area contributed by atoms with Crippen LogP contribution in [0.25, 0.3) is 0 Å². The fraction of sp³-hybridized carbons (Fsp3) is 0.200. The van der Waals surface area contributed by atoms with Gasteiger partial charge in [-0.3, -0.25) is 5.10 Å². The van der Waals surface area contributed by atoms with E-state index in [9.17, 15) is 0 Å². The third-order valence-corrected chi connectivity index (χ3v) is 2.17. The average molecular weight is 203 g/mol. The van der Waals surface area contributed by atoms with E-state index in [1.54, 1.807) is 0 Å². The first-order valence-corrected chi connectivity index (χ1v) is 4.73. The monoisotopic (exact) mass is 203 g/mol. The van der Waals surface area contributed by atoms with Gasteiger partial charge in [0.25, 0.3) is 0 Å². The molecule has 0 fully saturated rings. The van der Waals surface area contributed by atoms with Crippen molar-refractivity contribution < 1.29 is 0 Å². The van der Waals surface area contributed by atoms with Gasteiger partial charge in [-0.1, -0.05) is 30.3 Å². The zero-order valence-electron chi connectivity index (χ0n) is 8.22. The Hall–Kier alpha value is -1.88. The van der Waals surface area contributed by atoms with Crippen LogP contribution in [0.4, 0.5) is 5.95 Å². The number of nitrogen functional groups attached to an aromatic ring is 1. The molecule has 1 aromatic carbocycles. The Labute approximate surface area is 87.5 Å². The standard InChI is InChI=1S/C10H13N5/c11-8(9-13-10(12)15-14-9)6-7-4-2-1-3-5-7/h1-5,8H,6,11H2,(H3,12,13,14,15)/t8-/m1/s1. The third-order valence-electron chi connectivity index (χ3n) is 2.17. The second-order valence-electron chi connectivity index (χ2n) is 3.38. The first kappa shape index (κ1) is 9.67. The molecule has 2 aromatic rings. The van der Waals surface area contributed by atoms with Crippen molar-refractivity contribution in [2.45, 2.75) is 12.5 Å². The summed E-state index contributed by atoms with van der Waals surface area (Å²) in [4.78, 5) is 3.99. The lowest BCUT2D eigenvalue weighted by molar-refractivity contribution is 0.671. The normalized spacial score (nSPS) is 12.6. The molecule has 0 aliphatic rings. The summed E-state index contributed by atoms with van der Waals surface area (Å²) in [6, 6.07) is 9.80. The highest BCUT2D eigenvalue weighted by Crippen LogP contribution is 2.12. The first-order valence-electron chi connectivity index (χ1n) is 4.73. The highest BCUT2D eigenvalue weighted by atomic mass is 15.3. The minimum atomic E-state index is -0.197. The molecule has 0 bridgehead atoms. The van der Waals surface area contributed by atoms with Crippen LogP contribution in [0.1, 0.15) is 17.4 Å². The molecule has 0 amide bonds. The predicted octanol–water partition coefficient (Wildman–Crippen LogP) is 0.629. The fourth-order valence-electron chi connectivity index (χ4n) is 1.42. The van der Waals surface area contributed by atoms with Crippen molar-refractivity contribution in [2.24, 2.45) is 5.73 Å². The van der Waals surface area contributed by atoms with Crippen molar-refractivity contribution in [3.05, 3.63) is 41.7 Å². The molecule has 0 saturated carbocycles. The van der Waals surface area contributed by atoms with Gasteiger partial charge in [0.05, 0.1) is 6.04 Å². The number of nitrogens with one attached hydrogen (secondary N) is 1. The van der Waals surface area contributed by atoms with Gasteiger partial charge in [0.2, 0.25) is 5.95 Å². The quantitative estimate of drug-likeness (QED) is 0.682.